The number of carbonyl (C=O) groups excluding carboxylic acids is 3. The van der Waals surface area contributed by atoms with Crippen LogP contribution in [0.5, 0.6) is 5.75 Å². The lowest BCUT2D eigenvalue weighted by atomic mass is 9.47. The fraction of sp³-hybridized carbons (Fsp3) is 0.481. The van der Waals surface area contributed by atoms with E-state index in [1.54, 1.807) is 31.4 Å². The number of rotatable bonds is 9. The van der Waals surface area contributed by atoms with Gasteiger partial charge in [-0.2, -0.15) is 0 Å². The van der Waals surface area contributed by atoms with Crippen molar-refractivity contribution in [1.29, 1.82) is 0 Å². The van der Waals surface area contributed by atoms with Gasteiger partial charge in [0.2, 0.25) is 0 Å². The summed E-state index contributed by atoms with van der Waals surface area (Å²) in [5, 5.41) is 14.9. The first-order chi connectivity index (χ1) is 30.9. The molecule has 10 rings (SSSR count). The molecule has 12 heteroatoms. The summed E-state index contributed by atoms with van der Waals surface area (Å²) in [6.07, 6.45) is 8.85. The normalized spacial score (nSPS) is 32.5. The second kappa shape index (κ2) is 15.6. The Labute approximate surface area is 375 Å². The van der Waals surface area contributed by atoms with E-state index in [1.165, 1.54) is 19.6 Å². The number of ether oxygens (including phenoxy) is 4. The Hall–Kier alpha value is -5.43. The number of hydrogen-bond acceptors (Lipinski definition) is 11. The smallest absolute Gasteiger partial charge is 0.338 e. The van der Waals surface area contributed by atoms with Crippen LogP contribution in [-0.4, -0.2) is 122 Å². The number of nitrogens with one attached hydrogen (secondary N) is 1. The minimum Gasteiger partial charge on any atom is -0.496 e. The minimum absolute atomic E-state index is 0.0217. The number of aromatic amines is 1. The molecule has 2 bridgehead atoms. The molecule has 12 nitrogen and oxygen atoms in total. The zero-order valence-electron chi connectivity index (χ0n) is 37.8. The van der Waals surface area contributed by atoms with Crippen LogP contribution in [0.3, 0.4) is 0 Å². The number of benzene rings is 3. The molecule has 0 radical (unpaired) electrons. The maximum absolute atomic E-state index is 15.4. The third-order valence-electron chi connectivity index (χ3n) is 16.1. The van der Waals surface area contributed by atoms with E-state index in [9.17, 15) is 14.7 Å². The lowest BCUT2D eigenvalue weighted by Crippen LogP contribution is -2.80. The van der Waals surface area contributed by atoms with Crippen molar-refractivity contribution in [2.75, 3.05) is 65.5 Å². The average molecular weight is 869 g/mol. The Kier molecular flexibility index (Phi) is 10.4. The molecule has 1 aromatic heterocycles. The van der Waals surface area contributed by atoms with Gasteiger partial charge < -0.3 is 33.9 Å². The van der Waals surface area contributed by atoms with Gasteiger partial charge in [-0.1, -0.05) is 74.0 Å². The summed E-state index contributed by atoms with van der Waals surface area (Å²) in [5.41, 5.74) is 2.16. The van der Waals surface area contributed by atoms with Gasteiger partial charge in [0.05, 0.1) is 25.8 Å². The molecule has 2 fully saturated rings. The topological polar surface area (TPSA) is 134 Å². The number of hydrogen-bond donors (Lipinski definition) is 2. The standard InChI is InChI=1S/C52H60N4O8/c1-7-33-25-34-28-51(48(59)62-6,43-37(19-23-55(29-33)30-34)36-17-12-13-18-40(36)53-43)39-26-38-41(27-42(39)61-5)54(4)46-50(38)21-24-56-22-14-20-49(8-2,45(50)56)47(64-32(3)57)52(46,60)31-63-44(58)35-15-10-9-11-16-35/h9-18,20,25-27,34,45-47,53,60H,7-8,19,21-24,28-31H2,1-6H3/t34-,45?,46+,47+,49+,50?,51-,52-/m0/s1. The van der Waals surface area contributed by atoms with Crippen molar-refractivity contribution in [2.45, 2.75) is 87.5 Å². The number of methoxy groups -OCH3 is 2. The van der Waals surface area contributed by atoms with E-state index in [0.29, 0.717) is 49.2 Å². The van der Waals surface area contributed by atoms with Gasteiger partial charge in [0.25, 0.3) is 0 Å². The molecular weight excluding hydrogens is 809 g/mol. The fourth-order valence-corrected chi connectivity index (χ4v) is 13.8. The molecule has 1 saturated heterocycles. The Morgan fingerprint density at radius 2 is 1.75 bits per heavy atom. The van der Waals surface area contributed by atoms with Gasteiger partial charge in [-0.15, -0.1) is 0 Å². The highest BCUT2D eigenvalue weighted by Gasteiger charge is 2.78. The molecule has 64 heavy (non-hydrogen) atoms. The van der Waals surface area contributed by atoms with Crippen molar-refractivity contribution >= 4 is 34.5 Å². The number of aliphatic hydroxyl groups is 1. The maximum Gasteiger partial charge on any atom is 0.338 e. The molecule has 3 unspecified atom stereocenters. The van der Waals surface area contributed by atoms with Gasteiger partial charge in [0, 0.05) is 90.9 Å². The molecule has 4 aromatic rings. The Bertz CT molecular complexity index is 2590. The zero-order valence-corrected chi connectivity index (χ0v) is 37.8. The van der Waals surface area contributed by atoms with Crippen LogP contribution in [0, 0.1) is 11.3 Å². The highest BCUT2D eigenvalue weighted by molar-refractivity contribution is 5.94. The first-order valence-electron chi connectivity index (χ1n) is 23.0. The molecule has 6 heterocycles. The molecule has 0 amide bonds. The van der Waals surface area contributed by atoms with Crippen LogP contribution in [0.25, 0.3) is 10.9 Å². The summed E-state index contributed by atoms with van der Waals surface area (Å²) < 4.78 is 25.0. The van der Waals surface area contributed by atoms with Crippen LogP contribution in [-0.2, 0) is 41.1 Å². The predicted molar refractivity (Wildman–Crippen MR) is 244 cm³/mol. The summed E-state index contributed by atoms with van der Waals surface area (Å²) in [4.78, 5) is 53.4. The number of carbonyl (C=O) groups is 3. The van der Waals surface area contributed by atoms with Crippen molar-refractivity contribution < 1.29 is 38.4 Å². The van der Waals surface area contributed by atoms with Crippen molar-refractivity contribution in [3.8, 4) is 5.75 Å². The molecule has 336 valence electrons. The van der Waals surface area contributed by atoms with E-state index in [4.69, 9.17) is 18.9 Å². The van der Waals surface area contributed by atoms with Gasteiger partial charge >= 0.3 is 17.9 Å². The van der Waals surface area contributed by atoms with Crippen molar-refractivity contribution in [2.24, 2.45) is 11.3 Å². The lowest BCUT2D eigenvalue weighted by Gasteiger charge is -2.64. The SMILES string of the molecule is CCC1=C[C@@H]2CN(CCc3c([nH]c4ccccc34)[C@@](C(=O)OC)(c3cc4c(cc3OC)N(C)[C@@H]3C45CCN4CC=C[C@](CC)(C45)[C@@H](OC(C)=O)[C@]3(O)COC(=O)c3ccccc3)C2)C1. The maximum atomic E-state index is 15.4. The summed E-state index contributed by atoms with van der Waals surface area (Å²) in [6, 6.07) is 20.3. The summed E-state index contributed by atoms with van der Waals surface area (Å²) in [7, 11) is 5.09. The molecule has 2 N–H and O–H groups in total. The van der Waals surface area contributed by atoms with E-state index in [-0.39, 0.29) is 17.9 Å². The number of aromatic nitrogens is 1. The molecular formula is C52H60N4O8. The molecule has 3 aromatic carbocycles. The van der Waals surface area contributed by atoms with Crippen molar-refractivity contribution in [1.82, 2.24) is 14.8 Å². The monoisotopic (exact) mass is 868 g/mol. The average Bonchev–Trinajstić information content (AvgIpc) is 3.98. The summed E-state index contributed by atoms with van der Waals surface area (Å²) >= 11 is 0. The van der Waals surface area contributed by atoms with Crippen molar-refractivity contribution in [3.05, 3.63) is 118 Å². The van der Waals surface area contributed by atoms with E-state index >= 15 is 4.79 Å². The molecule has 1 aliphatic carbocycles. The van der Waals surface area contributed by atoms with E-state index in [2.05, 4.69) is 76.0 Å². The van der Waals surface area contributed by atoms with Gasteiger partial charge in [-0.05, 0) is 80.0 Å². The molecule has 5 aliphatic heterocycles. The zero-order chi connectivity index (χ0) is 44.8. The number of esters is 3. The molecule has 6 aliphatic rings. The molecule has 1 saturated carbocycles. The highest BCUT2D eigenvalue weighted by Crippen LogP contribution is 2.68. The number of likely N-dealkylation sites (N-methyl/N-ethyl adjacent to an activating group) is 1. The van der Waals surface area contributed by atoms with Crippen molar-refractivity contribution in [3.63, 3.8) is 0 Å². The van der Waals surface area contributed by atoms with Crippen LogP contribution in [0.15, 0.2) is 90.5 Å². The summed E-state index contributed by atoms with van der Waals surface area (Å²) in [6.45, 7) is 9.18. The van der Waals surface area contributed by atoms with Crippen LogP contribution in [0.4, 0.5) is 5.69 Å². The van der Waals surface area contributed by atoms with Crippen LogP contribution >= 0.6 is 0 Å². The highest BCUT2D eigenvalue weighted by atomic mass is 16.6. The predicted octanol–water partition coefficient (Wildman–Crippen LogP) is 6.48. The second-order valence-corrected chi connectivity index (χ2v) is 19.1. The number of nitrogens with zero attached hydrogens (tertiary/aromatic N) is 3. The van der Waals surface area contributed by atoms with Gasteiger partial charge in [0.15, 0.2) is 5.60 Å². The Morgan fingerprint density at radius 3 is 2.48 bits per heavy atom. The quantitative estimate of drug-likeness (QED) is 0.109. The first kappa shape index (κ1) is 42.5. The Balaban J connectivity index is 1.24. The Morgan fingerprint density at radius 1 is 0.969 bits per heavy atom. The van der Waals surface area contributed by atoms with E-state index in [0.717, 1.165) is 65.9 Å². The van der Waals surface area contributed by atoms with Crippen LogP contribution < -0.4 is 9.64 Å². The molecule has 1 spiro atoms. The van der Waals surface area contributed by atoms with Gasteiger partial charge in [-0.3, -0.25) is 19.4 Å². The lowest BCUT2D eigenvalue weighted by molar-refractivity contribution is -0.228. The third kappa shape index (κ3) is 5.93. The number of fused-ring (bicyclic) bond motifs is 6. The fourth-order valence-electron chi connectivity index (χ4n) is 13.8. The van der Waals surface area contributed by atoms with E-state index in [1.807, 2.05) is 25.2 Å². The van der Waals surface area contributed by atoms with Gasteiger partial charge in [0.1, 0.15) is 23.9 Å². The van der Waals surface area contributed by atoms with Crippen LogP contribution in [0.1, 0.15) is 79.2 Å². The van der Waals surface area contributed by atoms with E-state index < -0.39 is 52.5 Å². The third-order valence-corrected chi connectivity index (χ3v) is 16.1. The van der Waals surface area contributed by atoms with Gasteiger partial charge in [-0.25, -0.2) is 4.79 Å². The number of para-hydroxylation sites is 1. The largest absolute Gasteiger partial charge is 0.496 e. The second-order valence-electron chi connectivity index (χ2n) is 19.1. The summed E-state index contributed by atoms with van der Waals surface area (Å²) in [5.74, 6) is -0.933. The number of H-pyrrole nitrogens is 1. The van der Waals surface area contributed by atoms with Crippen LogP contribution in [0.2, 0.25) is 0 Å². The minimum atomic E-state index is -1.91. The first-order valence-corrected chi connectivity index (χ1v) is 23.0. The number of anilines is 1. The molecule has 9 atom stereocenters.